The molecule has 11 nitrogen and oxygen atoms in total. The lowest BCUT2D eigenvalue weighted by atomic mass is 10.0. The number of esters is 1. The monoisotopic (exact) mass is 560 g/mol. The molecule has 11 heteroatoms. The number of anilines is 1. The number of piperazine rings is 1. The van der Waals surface area contributed by atoms with Crippen molar-refractivity contribution in [1.82, 2.24) is 14.8 Å². The number of ether oxygens (including phenoxy) is 2. The van der Waals surface area contributed by atoms with Crippen LogP contribution >= 0.6 is 0 Å². The molecule has 2 N–H and O–H groups in total. The molecule has 1 aromatic heterocycles. The number of aromatic amines is 1. The van der Waals surface area contributed by atoms with Gasteiger partial charge in [-0.1, -0.05) is 30.3 Å². The van der Waals surface area contributed by atoms with Crippen LogP contribution in [0.1, 0.15) is 27.6 Å². The van der Waals surface area contributed by atoms with Gasteiger partial charge in [0.05, 0.1) is 29.8 Å². The molecule has 0 spiro atoms. The van der Waals surface area contributed by atoms with Gasteiger partial charge in [-0.05, 0) is 25.1 Å². The number of nitrogens with zero attached hydrogens (tertiary/aromatic N) is 2. The fraction of sp³-hybridized carbons (Fsp3) is 0.300. The van der Waals surface area contributed by atoms with Crippen molar-refractivity contribution in [2.75, 3.05) is 45.7 Å². The first-order valence-electron chi connectivity index (χ1n) is 12.8. The summed E-state index contributed by atoms with van der Waals surface area (Å²) in [6.07, 6.45) is 8.33. The first kappa shape index (κ1) is 30.6. The molecule has 3 aromatic rings. The van der Waals surface area contributed by atoms with E-state index in [-0.39, 0.29) is 24.6 Å². The van der Waals surface area contributed by atoms with Gasteiger partial charge in [-0.25, -0.2) is 0 Å². The van der Waals surface area contributed by atoms with Gasteiger partial charge in [0, 0.05) is 50.4 Å². The third-order valence-electron chi connectivity index (χ3n) is 6.83. The molecule has 1 unspecified atom stereocenters. The summed E-state index contributed by atoms with van der Waals surface area (Å²) < 4.78 is 9.93. The molecule has 41 heavy (non-hydrogen) atoms. The van der Waals surface area contributed by atoms with Gasteiger partial charge in [0.15, 0.2) is 0 Å². The normalized spacial score (nSPS) is 14.3. The van der Waals surface area contributed by atoms with Crippen LogP contribution in [-0.4, -0.2) is 90.8 Å². The summed E-state index contributed by atoms with van der Waals surface area (Å²) in [5, 5.41) is 3.18. The second kappa shape index (κ2) is 13.9. The summed E-state index contributed by atoms with van der Waals surface area (Å²) in [5.74, 6) is -3.47. The second-order valence-electron chi connectivity index (χ2n) is 9.17. The largest absolute Gasteiger partial charge is 0.469 e. The van der Waals surface area contributed by atoms with E-state index in [1.54, 1.807) is 47.4 Å². The zero-order valence-electron chi connectivity index (χ0n) is 23.1. The molecule has 2 aromatic carbocycles. The standard InChI is InChI=1S/C28H30N4O7.C2H2/c1-17(28(37)39-3)24(38-2)25(34)30-21-11-7-10-19-20(16-29-22(19)21)23(33)27(36)32-14-12-31(13-15-32)26(35)18-8-5-4-6-9-18;1-2/h4-11,16-17,24,29H,12-15H2,1-3H3,(H,30,34);1-2H/t17?,24-;/m1./s1. The zero-order valence-corrected chi connectivity index (χ0v) is 23.1. The van der Waals surface area contributed by atoms with Gasteiger partial charge in [0.1, 0.15) is 6.10 Å². The molecule has 0 aliphatic carbocycles. The highest BCUT2D eigenvalue weighted by Crippen LogP contribution is 2.27. The van der Waals surface area contributed by atoms with Crippen molar-refractivity contribution in [3.05, 3.63) is 65.9 Å². The maximum absolute atomic E-state index is 13.2. The Balaban J connectivity index is 0.00000226. The molecule has 0 saturated carbocycles. The molecule has 0 bridgehead atoms. The van der Waals surface area contributed by atoms with Crippen molar-refractivity contribution >= 4 is 46.1 Å². The molecular formula is C30H32N4O7. The van der Waals surface area contributed by atoms with E-state index < -0.39 is 35.6 Å². The number of carbonyl (C=O) groups excluding carboxylic acids is 5. The van der Waals surface area contributed by atoms with E-state index in [0.717, 1.165) is 0 Å². The summed E-state index contributed by atoms with van der Waals surface area (Å²) in [5.41, 5.74) is 1.55. The number of benzene rings is 2. The minimum atomic E-state index is -1.10. The van der Waals surface area contributed by atoms with Gasteiger partial charge in [-0.15, -0.1) is 12.8 Å². The quantitative estimate of drug-likeness (QED) is 0.187. The summed E-state index contributed by atoms with van der Waals surface area (Å²) >= 11 is 0. The molecule has 0 radical (unpaired) electrons. The molecule has 2 heterocycles. The van der Waals surface area contributed by atoms with Gasteiger partial charge in [-0.2, -0.15) is 0 Å². The predicted molar refractivity (Wildman–Crippen MR) is 152 cm³/mol. The maximum atomic E-state index is 13.2. The number of methoxy groups -OCH3 is 2. The Morgan fingerprint density at radius 1 is 0.902 bits per heavy atom. The number of fused-ring (bicyclic) bond motifs is 1. The number of aromatic nitrogens is 1. The number of hydrogen-bond acceptors (Lipinski definition) is 7. The number of rotatable bonds is 8. The molecule has 4 rings (SSSR count). The van der Waals surface area contributed by atoms with Gasteiger partial charge in [0.2, 0.25) is 0 Å². The molecule has 2 atom stereocenters. The molecular weight excluding hydrogens is 528 g/mol. The van der Waals surface area contributed by atoms with Gasteiger partial charge < -0.3 is 29.6 Å². The lowest BCUT2D eigenvalue weighted by Gasteiger charge is -2.34. The Labute approximate surface area is 237 Å². The summed E-state index contributed by atoms with van der Waals surface area (Å²) in [6, 6.07) is 13.9. The van der Waals surface area contributed by atoms with Crippen LogP contribution in [0.15, 0.2) is 54.7 Å². The van der Waals surface area contributed by atoms with Crippen molar-refractivity contribution in [2.24, 2.45) is 5.92 Å². The minimum absolute atomic E-state index is 0.114. The molecule has 1 saturated heterocycles. The van der Waals surface area contributed by atoms with E-state index in [4.69, 9.17) is 9.47 Å². The molecule has 214 valence electrons. The van der Waals surface area contributed by atoms with Crippen molar-refractivity contribution in [3.8, 4) is 12.8 Å². The van der Waals surface area contributed by atoms with Gasteiger partial charge in [0.25, 0.3) is 23.5 Å². The first-order chi connectivity index (χ1) is 19.8. The number of nitrogens with one attached hydrogen (secondary N) is 2. The maximum Gasteiger partial charge on any atom is 0.311 e. The number of terminal acetylenes is 1. The zero-order chi connectivity index (χ0) is 30.1. The third kappa shape index (κ3) is 6.62. The fourth-order valence-electron chi connectivity index (χ4n) is 4.63. The lowest BCUT2D eigenvalue weighted by molar-refractivity contribution is -0.153. The van der Waals surface area contributed by atoms with E-state index in [9.17, 15) is 24.0 Å². The first-order valence-corrected chi connectivity index (χ1v) is 12.8. The second-order valence-corrected chi connectivity index (χ2v) is 9.17. The van der Waals surface area contributed by atoms with Crippen molar-refractivity contribution in [2.45, 2.75) is 13.0 Å². The highest BCUT2D eigenvalue weighted by molar-refractivity contribution is 6.45. The molecule has 1 aliphatic heterocycles. The number of para-hydroxylation sites is 1. The summed E-state index contributed by atoms with van der Waals surface area (Å²) in [6.45, 7) is 2.64. The number of carbonyl (C=O) groups is 5. The van der Waals surface area contributed by atoms with Gasteiger partial charge >= 0.3 is 5.97 Å². The van der Waals surface area contributed by atoms with E-state index in [1.165, 1.54) is 32.2 Å². The molecule has 1 fully saturated rings. The van der Waals surface area contributed by atoms with Crippen molar-refractivity contribution in [3.63, 3.8) is 0 Å². The number of Topliss-reactive ketones (excluding diaryl/α,β-unsaturated/α-hetero) is 1. The van der Waals surface area contributed by atoms with Gasteiger partial charge in [-0.3, -0.25) is 24.0 Å². The SMILES string of the molecule is C#C.COC(=O)C(C)[C@@H](OC)C(=O)Nc1cccc2c(C(=O)C(=O)N3CCN(C(=O)c4ccccc4)CC3)c[nH]c12. The minimum Gasteiger partial charge on any atom is -0.469 e. The Morgan fingerprint density at radius 3 is 2.15 bits per heavy atom. The number of amides is 3. The van der Waals surface area contributed by atoms with E-state index in [2.05, 4.69) is 23.1 Å². The Kier molecular flexibility index (Phi) is 10.4. The average Bonchev–Trinajstić information content (AvgIpc) is 3.46. The predicted octanol–water partition coefficient (Wildman–Crippen LogP) is 2.35. The summed E-state index contributed by atoms with van der Waals surface area (Å²) in [7, 11) is 2.55. The average molecular weight is 561 g/mol. The van der Waals surface area contributed by atoms with E-state index >= 15 is 0 Å². The smallest absolute Gasteiger partial charge is 0.311 e. The molecule has 3 amide bonds. The number of ketones is 1. The van der Waals surface area contributed by atoms with Crippen LogP contribution in [0.4, 0.5) is 5.69 Å². The Hall–Kier alpha value is -4.95. The Morgan fingerprint density at radius 2 is 1.54 bits per heavy atom. The lowest BCUT2D eigenvalue weighted by Crippen LogP contribution is -2.52. The summed E-state index contributed by atoms with van der Waals surface area (Å²) in [4.78, 5) is 69.8. The highest BCUT2D eigenvalue weighted by Gasteiger charge is 2.33. The van der Waals surface area contributed by atoms with Crippen LogP contribution in [0.5, 0.6) is 0 Å². The molecule has 1 aliphatic rings. The topological polar surface area (TPSA) is 138 Å². The highest BCUT2D eigenvalue weighted by atomic mass is 16.5. The Bertz CT molecular complexity index is 1440. The van der Waals surface area contributed by atoms with Crippen LogP contribution in [-0.2, 0) is 23.9 Å². The number of hydrogen-bond donors (Lipinski definition) is 2. The third-order valence-corrected chi connectivity index (χ3v) is 6.83. The number of H-pyrrole nitrogens is 1. The fourth-order valence-corrected chi connectivity index (χ4v) is 4.63. The van der Waals surface area contributed by atoms with Crippen LogP contribution in [0.2, 0.25) is 0 Å². The van der Waals surface area contributed by atoms with E-state index in [1.807, 2.05) is 6.07 Å². The van der Waals surface area contributed by atoms with Crippen molar-refractivity contribution < 1.29 is 33.4 Å². The van der Waals surface area contributed by atoms with Crippen LogP contribution in [0.3, 0.4) is 0 Å². The van der Waals surface area contributed by atoms with Crippen molar-refractivity contribution in [1.29, 1.82) is 0 Å². The van der Waals surface area contributed by atoms with Crippen LogP contribution in [0.25, 0.3) is 10.9 Å². The van der Waals surface area contributed by atoms with Crippen LogP contribution in [0, 0.1) is 18.8 Å². The van der Waals surface area contributed by atoms with Crippen LogP contribution < -0.4 is 5.32 Å². The van der Waals surface area contributed by atoms with E-state index in [0.29, 0.717) is 35.2 Å².